The molecule has 0 fully saturated rings. The van der Waals surface area contributed by atoms with Gasteiger partial charge in [-0.1, -0.05) is 77.6 Å². The fourth-order valence-corrected chi connectivity index (χ4v) is 4.80. The van der Waals surface area contributed by atoms with Crippen LogP contribution < -0.4 is 14.8 Å². The third-order valence-corrected chi connectivity index (χ3v) is 6.67. The number of benzene rings is 3. The van der Waals surface area contributed by atoms with Gasteiger partial charge < -0.3 is 4.74 Å². The second-order valence-electron chi connectivity index (χ2n) is 8.32. The van der Waals surface area contributed by atoms with Crippen molar-refractivity contribution in [2.24, 2.45) is 0 Å². The van der Waals surface area contributed by atoms with E-state index < -0.39 is 0 Å². The fraction of sp³-hybridized carbons (Fsp3) is 0.0714. The van der Waals surface area contributed by atoms with E-state index in [-0.39, 0.29) is 12.2 Å². The van der Waals surface area contributed by atoms with Gasteiger partial charge in [0.2, 0.25) is 4.96 Å². The molecule has 8 heteroatoms. The van der Waals surface area contributed by atoms with Gasteiger partial charge in [0.1, 0.15) is 12.4 Å². The molecule has 7 nitrogen and oxygen atoms in total. The Bertz CT molecular complexity index is 1750. The van der Waals surface area contributed by atoms with Crippen molar-refractivity contribution in [2.75, 3.05) is 0 Å². The first-order valence-electron chi connectivity index (χ1n) is 11.4. The Balaban J connectivity index is 1.36. The first-order chi connectivity index (χ1) is 17.6. The molecule has 176 valence electrons. The molecule has 0 aliphatic heterocycles. The van der Waals surface area contributed by atoms with Gasteiger partial charge in [-0.25, -0.2) is 4.68 Å². The Morgan fingerprint density at radius 2 is 1.64 bits per heavy atom. The first-order valence-corrected chi connectivity index (χ1v) is 12.3. The van der Waals surface area contributed by atoms with Crippen LogP contribution in [0.15, 0.2) is 95.9 Å². The Hall–Kier alpha value is -4.56. The van der Waals surface area contributed by atoms with Crippen LogP contribution in [0.2, 0.25) is 0 Å². The molecule has 0 spiro atoms. The zero-order valence-electron chi connectivity index (χ0n) is 19.4. The summed E-state index contributed by atoms with van der Waals surface area (Å²) < 4.78 is 9.48. The molecule has 6 rings (SSSR count). The van der Waals surface area contributed by atoms with Gasteiger partial charge >= 0.3 is 0 Å². The summed E-state index contributed by atoms with van der Waals surface area (Å²) in [5, 5.41) is 9.20. The van der Waals surface area contributed by atoms with Crippen molar-refractivity contribution in [2.45, 2.75) is 13.5 Å². The second kappa shape index (κ2) is 9.24. The second-order valence-corrected chi connectivity index (χ2v) is 9.33. The number of nitrogens with zero attached hydrogens (tertiary/aromatic N) is 5. The monoisotopic (exact) mass is 491 g/mol. The quantitative estimate of drug-likeness (QED) is 0.344. The van der Waals surface area contributed by atoms with Gasteiger partial charge in [-0.2, -0.15) is 14.6 Å². The smallest absolute Gasteiger partial charge is 0.291 e. The highest BCUT2D eigenvalue weighted by Gasteiger charge is 2.14. The zero-order valence-corrected chi connectivity index (χ0v) is 20.2. The molecule has 3 aromatic carbocycles. The van der Waals surface area contributed by atoms with Gasteiger partial charge in [-0.15, -0.1) is 5.10 Å². The van der Waals surface area contributed by atoms with Gasteiger partial charge in [0.25, 0.3) is 5.56 Å². The first kappa shape index (κ1) is 21.9. The molecule has 0 saturated heterocycles. The Morgan fingerprint density at radius 1 is 0.917 bits per heavy atom. The van der Waals surface area contributed by atoms with Gasteiger partial charge in [0, 0.05) is 17.3 Å². The van der Waals surface area contributed by atoms with E-state index in [1.54, 1.807) is 0 Å². The zero-order chi connectivity index (χ0) is 24.5. The predicted molar refractivity (Wildman–Crippen MR) is 140 cm³/mol. The summed E-state index contributed by atoms with van der Waals surface area (Å²) in [6.45, 7) is 2.21. The summed E-state index contributed by atoms with van der Waals surface area (Å²) in [5.74, 6) is 1.20. The number of fused-ring (bicyclic) bond motifs is 1. The summed E-state index contributed by atoms with van der Waals surface area (Å²) in [7, 11) is 0. The Labute approximate surface area is 210 Å². The lowest BCUT2D eigenvalue weighted by Crippen LogP contribution is -2.24. The average Bonchev–Trinajstić information content (AvgIpc) is 3.60. The van der Waals surface area contributed by atoms with Gasteiger partial charge in [0.15, 0.2) is 5.82 Å². The van der Waals surface area contributed by atoms with Crippen LogP contribution in [-0.2, 0) is 6.61 Å². The lowest BCUT2D eigenvalue weighted by molar-refractivity contribution is 0.296. The molecule has 36 heavy (non-hydrogen) atoms. The van der Waals surface area contributed by atoms with Crippen molar-refractivity contribution in [1.82, 2.24) is 24.4 Å². The van der Waals surface area contributed by atoms with E-state index >= 15 is 0 Å². The van der Waals surface area contributed by atoms with E-state index in [1.165, 1.54) is 15.9 Å². The standard InChI is InChI=1S/C28H21N5O2S/c1-19-12-14-23(15-13-19)35-18-25-29-28-33(30-25)27(34)24(36-28)16-21-17-32(22-10-6-3-7-11-22)31-26(21)20-8-4-2-5-9-20/h2-17H,18H2,1H3. The highest BCUT2D eigenvalue weighted by atomic mass is 32.1. The number of aryl methyl sites for hydroxylation is 1. The van der Waals surface area contributed by atoms with E-state index in [9.17, 15) is 4.79 Å². The molecule has 0 aliphatic rings. The Kier molecular flexibility index (Phi) is 5.63. The summed E-state index contributed by atoms with van der Waals surface area (Å²) >= 11 is 1.30. The third kappa shape index (κ3) is 4.30. The van der Waals surface area contributed by atoms with Crippen LogP contribution >= 0.6 is 11.3 Å². The molecular weight excluding hydrogens is 470 g/mol. The molecule has 3 aromatic heterocycles. The topological polar surface area (TPSA) is 74.3 Å². The highest BCUT2D eigenvalue weighted by molar-refractivity contribution is 7.15. The van der Waals surface area contributed by atoms with Crippen LogP contribution in [0.25, 0.3) is 28.0 Å². The number of hydrogen-bond acceptors (Lipinski definition) is 6. The molecule has 0 radical (unpaired) electrons. The van der Waals surface area contributed by atoms with Crippen molar-refractivity contribution in [3.63, 3.8) is 0 Å². The highest BCUT2D eigenvalue weighted by Crippen LogP contribution is 2.24. The SMILES string of the molecule is Cc1ccc(OCc2nc3sc(=Cc4cn(-c5ccccc5)nc4-c4ccccc4)c(=O)n3n2)cc1. The summed E-state index contributed by atoms with van der Waals surface area (Å²) in [6, 6.07) is 27.6. The van der Waals surface area contributed by atoms with Gasteiger partial charge in [-0.3, -0.25) is 4.79 Å². The number of thiazole rings is 1. The minimum Gasteiger partial charge on any atom is -0.486 e. The lowest BCUT2D eigenvalue weighted by atomic mass is 10.1. The van der Waals surface area contributed by atoms with Crippen LogP contribution in [-0.4, -0.2) is 24.4 Å². The van der Waals surface area contributed by atoms with Crippen molar-refractivity contribution >= 4 is 22.4 Å². The van der Waals surface area contributed by atoms with E-state index in [2.05, 4.69) is 10.1 Å². The summed E-state index contributed by atoms with van der Waals surface area (Å²) in [6.07, 6.45) is 3.80. The molecule has 0 bridgehead atoms. The van der Waals surface area contributed by atoms with Crippen molar-refractivity contribution in [3.05, 3.63) is 123 Å². The number of aromatic nitrogens is 5. The maximum absolute atomic E-state index is 13.2. The molecule has 0 saturated carbocycles. The fourth-order valence-electron chi connectivity index (χ4n) is 3.89. The summed E-state index contributed by atoms with van der Waals surface area (Å²) in [5.41, 5.74) is 4.50. The van der Waals surface area contributed by atoms with E-state index in [1.807, 2.05) is 109 Å². The van der Waals surface area contributed by atoms with Gasteiger partial charge in [-0.05, 0) is 37.3 Å². The van der Waals surface area contributed by atoms with E-state index in [0.717, 1.165) is 33.8 Å². The number of para-hydroxylation sites is 1. The number of ether oxygens (including phenoxy) is 1. The molecule has 0 amide bonds. The molecule has 0 aliphatic carbocycles. The predicted octanol–water partition coefficient (Wildman–Crippen LogP) is 4.44. The largest absolute Gasteiger partial charge is 0.486 e. The molecule has 0 N–H and O–H groups in total. The molecular formula is C28H21N5O2S. The van der Waals surface area contributed by atoms with Crippen LogP contribution in [0.4, 0.5) is 0 Å². The third-order valence-electron chi connectivity index (χ3n) is 5.71. The van der Waals surface area contributed by atoms with Crippen LogP contribution in [0.3, 0.4) is 0 Å². The Morgan fingerprint density at radius 3 is 2.36 bits per heavy atom. The lowest BCUT2D eigenvalue weighted by Gasteiger charge is -2.03. The number of rotatable bonds is 6. The van der Waals surface area contributed by atoms with Crippen molar-refractivity contribution in [3.8, 4) is 22.7 Å². The van der Waals surface area contributed by atoms with Crippen LogP contribution in [0.5, 0.6) is 5.75 Å². The van der Waals surface area contributed by atoms with Crippen molar-refractivity contribution in [1.29, 1.82) is 0 Å². The minimum absolute atomic E-state index is 0.192. The van der Waals surface area contributed by atoms with Gasteiger partial charge in [0.05, 0.1) is 15.9 Å². The maximum atomic E-state index is 13.2. The molecule has 6 aromatic rings. The van der Waals surface area contributed by atoms with E-state index in [0.29, 0.717) is 15.3 Å². The minimum atomic E-state index is -0.212. The maximum Gasteiger partial charge on any atom is 0.291 e. The van der Waals surface area contributed by atoms with Crippen molar-refractivity contribution < 1.29 is 4.74 Å². The number of hydrogen-bond donors (Lipinski definition) is 0. The normalized spacial score (nSPS) is 11.9. The average molecular weight is 492 g/mol. The van der Waals surface area contributed by atoms with Crippen LogP contribution in [0, 0.1) is 6.92 Å². The molecule has 0 atom stereocenters. The van der Waals surface area contributed by atoms with Crippen LogP contribution in [0.1, 0.15) is 17.0 Å². The summed E-state index contributed by atoms with van der Waals surface area (Å²) in [4.78, 5) is 18.2. The molecule has 0 unspecified atom stereocenters. The van der Waals surface area contributed by atoms with E-state index in [4.69, 9.17) is 9.84 Å². The molecule has 3 heterocycles.